The van der Waals surface area contributed by atoms with Crippen LogP contribution in [0.4, 0.5) is 5.69 Å². The second-order valence-corrected chi connectivity index (χ2v) is 5.13. The van der Waals surface area contributed by atoms with E-state index in [1.165, 1.54) is 0 Å². The zero-order valence-electron chi connectivity index (χ0n) is 10.4. The van der Waals surface area contributed by atoms with Crippen LogP contribution < -0.4 is 20.5 Å². The number of aliphatic hydroxyl groups excluding tert-OH is 1. The van der Waals surface area contributed by atoms with Gasteiger partial charge in [-0.05, 0) is 18.9 Å². The van der Waals surface area contributed by atoms with Gasteiger partial charge in [0.1, 0.15) is 0 Å². The molecule has 4 N–H and O–H groups in total. The second-order valence-electron chi connectivity index (χ2n) is 5.13. The van der Waals surface area contributed by atoms with Crippen molar-refractivity contribution in [1.29, 1.82) is 0 Å². The molecule has 0 radical (unpaired) electrons. The number of carbonyl (C=O) groups is 1. The smallest absolute Gasteiger partial charge is 0.253 e. The summed E-state index contributed by atoms with van der Waals surface area (Å²) in [6.45, 7) is 0.716. The zero-order chi connectivity index (χ0) is 13.5. The maximum absolute atomic E-state index is 12.1. The molecule has 1 fully saturated rings. The number of ether oxygens (including phenoxy) is 2. The maximum atomic E-state index is 12.1. The van der Waals surface area contributed by atoms with Gasteiger partial charge in [-0.15, -0.1) is 0 Å². The van der Waals surface area contributed by atoms with Crippen LogP contribution in [0.5, 0.6) is 11.5 Å². The van der Waals surface area contributed by atoms with Crippen molar-refractivity contribution in [2.24, 2.45) is 5.41 Å². The van der Waals surface area contributed by atoms with E-state index in [0.717, 1.165) is 12.8 Å². The predicted molar refractivity (Wildman–Crippen MR) is 68.1 cm³/mol. The van der Waals surface area contributed by atoms with Crippen LogP contribution in [0.15, 0.2) is 12.1 Å². The number of nitrogen functional groups attached to an aromatic ring is 1. The van der Waals surface area contributed by atoms with E-state index in [1.54, 1.807) is 12.1 Å². The first kappa shape index (κ1) is 12.1. The number of hydrogen-bond acceptors (Lipinski definition) is 5. The van der Waals surface area contributed by atoms with Crippen molar-refractivity contribution in [2.75, 3.05) is 25.7 Å². The molecule has 2 aliphatic rings. The van der Waals surface area contributed by atoms with Gasteiger partial charge in [-0.2, -0.15) is 0 Å². The number of nitrogens with one attached hydrogen (secondary N) is 1. The topological polar surface area (TPSA) is 93.8 Å². The fourth-order valence-electron chi connectivity index (χ4n) is 2.08. The van der Waals surface area contributed by atoms with Gasteiger partial charge in [0.25, 0.3) is 5.91 Å². The number of fused-ring (bicyclic) bond motifs is 1. The number of nitrogens with two attached hydrogens (primary N) is 1. The number of carbonyl (C=O) groups excluding carboxylic acids is 1. The molecule has 1 aromatic carbocycles. The average Bonchev–Trinajstić information content (AvgIpc) is 3.06. The van der Waals surface area contributed by atoms with E-state index in [1.807, 2.05) is 0 Å². The Hall–Kier alpha value is -1.95. The molecule has 0 bridgehead atoms. The molecule has 1 aliphatic carbocycles. The summed E-state index contributed by atoms with van der Waals surface area (Å²) >= 11 is 0. The van der Waals surface area contributed by atoms with E-state index in [9.17, 15) is 9.90 Å². The Morgan fingerprint density at radius 2 is 2.05 bits per heavy atom. The molecule has 0 unspecified atom stereocenters. The fraction of sp³-hybridized carbons (Fsp3) is 0.462. The summed E-state index contributed by atoms with van der Waals surface area (Å²) in [4.78, 5) is 12.1. The minimum absolute atomic E-state index is 0.101. The van der Waals surface area contributed by atoms with Crippen molar-refractivity contribution in [2.45, 2.75) is 12.8 Å². The Balaban J connectivity index is 1.73. The van der Waals surface area contributed by atoms with Gasteiger partial charge in [0.2, 0.25) is 6.79 Å². The molecule has 0 aromatic heterocycles. The predicted octanol–water partition coefficient (Wildman–Crippen LogP) is 0.500. The molecule has 0 spiro atoms. The number of aliphatic hydroxyl groups is 1. The zero-order valence-corrected chi connectivity index (χ0v) is 10.4. The molecule has 6 heteroatoms. The van der Waals surface area contributed by atoms with Gasteiger partial charge in [-0.25, -0.2) is 0 Å². The highest BCUT2D eigenvalue weighted by molar-refractivity contribution is 6.00. The third kappa shape index (κ3) is 2.19. The molecule has 3 rings (SSSR count). The summed E-state index contributed by atoms with van der Waals surface area (Å²) in [5.41, 5.74) is 6.44. The highest BCUT2D eigenvalue weighted by Crippen LogP contribution is 2.44. The van der Waals surface area contributed by atoms with Crippen LogP contribution in [0.2, 0.25) is 0 Å². The minimum atomic E-state index is -0.254. The van der Waals surface area contributed by atoms with Gasteiger partial charge in [0.05, 0.1) is 12.2 Å². The summed E-state index contributed by atoms with van der Waals surface area (Å²) in [5, 5.41) is 12.0. The lowest BCUT2D eigenvalue weighted by Crippen LogP contribution is -2.32. The quantitative estimate of drug-likeness (QED) is 0.688. The Labute approximate surface area is 110 Å². The fourth-order valence-corrected chi connectivity index (χ4v) is 2.08. The Kier molecular flexibility index (Phi) is 2.74. The third-order valence-corrected chi connectivity index (χ3v) is 3.71. The molecule has 0 atom stereocenters. The number of benzene rings is 1. The summed E-state index contributed by atoms with van der Waals surface area (Å²) in [7, 11) is 0. The van der Waals surface area contributed by atoms with Crippen LogP contribution >= 0.6 is 0 Å². The molecular formula is C13H16N2O4. The molecule has 1 heterocycles. The first-order valence-corrected chi connectivity index (χ1v) is 6.22. The van der Waals surface area contributed by atoms with Gasteiger partial charge in [0.15, 0.2) is 11.5 Å². The highest BCUT2D eigenvalue weighted by atomic mass is 16.7. The monoisotopic (exact) mass is 264 g/mol. The third-order valence-electron chi connectivity index (χ3n) is 3.71. The molecule has 1 aliphatic heterocycles. The molecule has 6 nitrogen and oxygen atoms in total. The van der Waals surface area contributed by atoms with Crippen molar-refractivity contribution >= 4 is 11.6 Å². The van der Waals surface area contributed by atoms with E-state index < -0.39 is 0 Å². The van der Waals surface area contributed by atoms with Crippen LogP contribution in [0.1, 0.15) is 23.2 Å². The molecular weight excluding hydrogens is 248 g/mol. The summed E-state index contributed by atoms with van der Waals surface area (Å²) < 4.78 is 10.4. The van der Waals surface area contributed by atoms with Crippen molar-refractivity contribution in [3.05, 3.63) is 17.7 Å². The van der Waals surface area contributed by atoms with Crippen LogP contribution in [-0.4, -0.2) is 31.0 Å². The Bertz CT molecular complexity index is 526. The van der Waals surface area contributed by atoms with Crippen molar-refractivity contribution in [3.63, 3.8) is 0 Å². The van der Waals surface area contributed by atoms with Crippen molar-refractivity contribution in [1.82, 2.24) is 5.32 Å². The minimum Gasteiger partial charge on any atom is -0.454 e. The van der Waals surface area contributed by atoms with E-state index in [0.29, 0.717) is 29.3 Å². The normalized spacial score (nSPS) is 18.2. The van der Waals surface area contributed by atoms with E-state index >= 15 is 0 Å². The van der Waals surface area contributed by atoms with Gasteiger partial charge in [0, 0.05) is 23.7 Å². The summed E-state index contributed by atoms with van der Waals surface area (Å²) in [5.74, 6) is 0.834. The molecule has 1 aromatic rings. The molecule has 1 saturated carbocycles. The second kappa shape index (κ2) is 4.31. The molecule has 19 heavy (non-hydrogen) atoms. The molecule has 0 saturated heterocycles. The first-order valence-electron chi connectivity index (χ1n) is 6.22. The average molecular weight is 264 g/mol. The standard InChI is InChI=1S/C13H16N2O4/c14-9-4-11-10(18-7-19-11)3-8(9)12(17)15-5-13(6-16)1-2-13/h3-4,16H,1-2,5-7,14H2,(H,15,17). The molecule has 1 amide bonds. The number of amides is 1. The van der Waals surface area contributed by atoms with E-state index in [-0.39, 0.29) is 24.7 Å². The molecule has 102 valence electrons. The van der Waals surface area contributed by atoms with Gasteiger partial charge in [-0.1, -0.05) is 0 Å². The lowest BCUT2D eigenvalue weighted by Gasteiger charge is -2.13. The van der Waals surface area contributed by atoms with Gasteiger partial charge >= 0.3 is 0 Å². The van der Waals surface area contributed by atoms with Crippen LogP contribution in [0.3, 0.4) is 0 Å². The Morgan fingerprint density at radius 1 is 1.37 bits per heavy atom. The lowest BCUT2D eigenvalue weighted by molar-refractivity contribution is 0.0935. The number of hydrogen-bond donors (Lipinski definition) is 3. The SMILES string of the molecule is Nc1cc2c(cc1C(=O)NCC1(CO)CC1)OCO2. The number of anilines is 1. The van der Waals surface area contributed by atoms with Gasteiger partial charge in [-0.3, -0.25) is 4.79 Å². The highest BCUT2D eigenvalue weighted by Gasteiger charge is 2.42. The largest absolute Gasteiger partial charge is 0.454 e. The van der Waals surface area contributed by atoms with Crippen LogP contribution in [0, 0.1) is 5.41 Å². The van der Waals surface area contributed by atoms with Crippen LogP contribution in [0.25, 0.3) is 0 Å². The first-order chi connectivity index (χ1) is 9.13. The lowest BCUT2D eigenvalue weighted by atomic mass is 10.1. The van der Waals surface area contributed by atoms with Crippen molar-refractivity contribution < 1.29 is 19.4 Å². The summed E-state index contributed by atoms with van der Waals surface area (Å²) in [6, 6.07) is 3.18. The Morgan fingerprint density at radius 3 is 2.68 bits per heavy atom. The van der Waals surface area contributed by atoms with E-state index in [2.05, 4.69) is 5.32 Å². The maximum Gasteiger partial charge on any atom is 0.253 e. The van der Waals surface area contributed by atoms with Crippen LogP contribution in [-0.2, 0) is 0 Å². The summed E-state index contributed by atoms with van der Waals surface area (Å²) in [6.07, 6.45) is 1.89. The van der Waals surface area contributed by atoms with E-state index in [4.69, 9.17) is 15.2 Å². The van der Waals surface area contributed by atoms with Gasteiger partial charge < -0.3 is 25.6 Å². The number of rotatable bonds is 4. The van der Waals surface area contributed by atoms with Crippen molar-refractivity contribution in [3.8, 4) is 11.5 Å².